The Bertz CT molecular complexity index is 1580. The smallest absolute Gasteiger partial charge is 0.327 e. The molecule has 3 atom stereocenters. The lowest BCUT2D eigenvalue weighted by Crippen LogP contribution is -2.57. The number of amidine groups is 1. The topological polar surface area (TPSA) is 74.7 Å². The van der Waals surface area contributed by atoms with Crippen LogP contribution in [0, 0.1) is 0 Å². The van der Waals surface area contributed by atoms with E-state index in [1.165, 1.54) is 0 Å². The Hall–Kier alpha value is -3.59. The van der Waals surface area contributed by atoms with Crippen LogP contribution in [0.5, 0.6) is 11.5 Å². The monoisotopic (exact) mass is 648 g/mol. The van der Waals surface area contributed by atoms with Gasteiger partial charge in [0.05, 0.1) is 37.5 Å². The van der Waals surface area contributed by atoms with Gasteiger partial charge in [0.15, 0.2) is 0 Å². The van der Waals surface area contributed by atoms with Gasteiger partial charge in [-0.3, -0.25) is 19.6 Å². The molecule has 3 aromatic rings. The fourth-order valence-electron chi connectivity index (χ4n) is 6.58. The fraction of sp³-hybridized carbons (Fsp3) is 0.400. The largest absolute Gasteiger partial charge is 0.497 e. The van der Waals surface area contributed by atoms with Gasteiger partial charge in [-0.25, -0.2) is 4.79 Å². The number of carbonyl (C=O) groups is 2. The number of likely N-dealkylation sites (tertiary alicyclic amines) is 2. The molecule has 10 heteroatoms. The Kier molecular flexibility index (Phi) is 9.36. The van der Waals surface area contributed by atoms with E-state index >= 15 is 4.79 Å². The second-order valence-electron chi connectivity index (χ2n) is 12.1. The molecule has 1 unspecified atom stereocenters. The van der Waals surface area contributed by atoms with Gasteiger partial charge in [-0.15, -0.1) is 0 Å². The van der Waals surface area contributed by atoms with Gasteiger partial charge in [-0.05, 0) is 80.6 Å². The first-order chi connectivity index (χ1) is 21.7. The number of amides is 2. The summed E-state index contributed by atoms with van der Waals surface area (Å²) in [6.45, 7) is 5.55. The first-order valence-electron chi connectivity index (χ1n) is 15.5. The van der Waals surface area contributed by atoms with E-state index in [4.69, 9.17) is 37.7 Å². The van der Waals surface area contributed by atoms with Crippen molar-refractivity contribution in [3.8, 4) is 11.5 Å². The Morgan fingerprint density at radius 2 is 1.62 bits per heavy atom. The first-order valence-corrected chi connectivity index (χ1v) is 16.3. The summed E-state index contributed by atoms with van der Waals surface area (Å²) >= 11 is 12.6. The molecule has 0 saturated carbocycles. The predicted octanol–water partition coefficient (Wildman–Crippen LogP) is 7.54. The molecule has 2 fully saturated rings. The molecular formula is C35H38Cl2N4O4. The number of carbonyl (C=O) groups excluding carboxylic acids is 2. The highest BCUT2D eigenvalue weighted by atomic mass is 35.5. The van der Waals surface area contributed by atoms with Gasteiger partial charge in [0.2, 0.25) is 0 Å². The van der Waals surface area contributed by atoms with Crippen LogP contribution in [0.4, 0.5) is 4.79 Å². The van der Waals surface area contributed by atoms with E-state index in [2.05, 4.69) is 4.90 Å². The van der Waals surface area contributed by atoms with E-state index in [0.29, 0.717) is 59.0 Å². The van der Waals surface area contributed by atoms with Crippen molar-refractivity contribution < 1.29 is 19.1 Å². The summed E-state index contributed by atoms with van der Waals surface area (Å²) in [6.07, 6.45) is 2.93. The number of piperidine rings is 1. The molecule has 3 heterocycles. The van der Waals surface area contributed by atoms with Crippen LogP contribution in [-0.2, 0) is 4.79 Å². The minimum absolute atomic E-state index is 0.125. The lowest BCUT2D eigenvalue weighted by atomic mass is 9.93. The molecular weight excluding hydrogens is 611 g/mol. The second-order valence-corrected chi connectivity index (χ2v) is 12.9. The van der Waals surface area contributed by atoms with E-state index < -0.39 is 12.1 Å². The molecule has 0 spiro atoms. The number of ketones is 1. The van der Waals surface area contributed by atoms with Crippen molar-refractivity contribution in [2.24, 2.45) is 4.99 Å². The van der Waals surface area contributed by atoms with E-state index in [1.807, 2.05) is 90.4 Å². The van der Waals surface area contributed by atoms with Crippen molar-refractivity contribution >= 4 is 40.9 Å². The summed E-state index contributed by atoms with van der Waals surface area (Å²) in [5.74, 6) is 1.95. The van der Waals surface area contributed by atoms with Crippen LogP contribution in [0.1, 0.15) is 68.3 Å². The third kappa shape index (κ3) is 6.55. The summed E-state index contributed by atoms with van der Waals surface area (Å²) < 4.78 is 11.8. The summed E-state index contributed by atoms with van der Waals surface area (Å²) in [6, 6.07) is 19.8. The third-order valence-corrected chi connectivity index (χ3v) is 9.19. The number of methoxy groups -OCH3 is 1. The average Bonchev–Trinajstić information content (AvgIpc) is 3.65. The Morgan fingerprint density at radius 3 is 2.24 bits per heavy atom. The maximum Gasteiger partial charge on any atom is 0.327 e. The lowest BCUT2D eigenvalue weighted by molar-refractivity contribution is -0.117. The van der Waals surface area contributed by atoms with Crippen LogP contribution < -0.4 is 9.47 Å². The zero-order chi connectivity index (χ0) is 31.7. The van der Waals surface area contributed by atoms with Crippen molar-refractivity contribution in [2.45, 2.75) is 63.9 Å². The Labute approximate surface area is 274 Å². The van der Waals surface area contributed by atoms with Crippen molar-refractivity contribution in [3.05, 3.63) is 93.5 Å². The van der Waals surface area contributed by atoms with E-state index in [-0.39, 0.29) is 24.1 Å². The van der Waals surface area contributed by atoms with E-state index in [1.54, 1.807) is 7.11 Å². The molecule has 0 aromatic heterocycles. The predicted molar refractivity (Wildman–Crippen MR) is 176 cm³/mol. The third-order valence-electron chi connectivity index (χ3n) is 8.68. The molecule has 45 heavy (non-hydrogen) atoms. The summed E-state index contributed by atoms with van der Waals surface area (Å²) in [5.41, 5.74) is 2.52. The van der Waals surface area contributed by atoms with Gasteiger partial charge >= 0.3 is 6.03 Å². The molecule has 3 aliphatic heterocycles. The number of benzene rings is 3. The van der Waals surface area contributed by atoms with E-state index in [9.17, 15) is 4.79 Å². The molecule has 3 aliphatic rings. The highest BCUT2D eigenvalue weighted by Gasteiger charge is 2.47. The maximum atomic E-state index is 15.1. The average molecular weight is 650 g/mol. The van der Waals surface area contributed by atoms with Crippen molar-refractivity contribution in [1.82, 2.24) is 14.7 Å². The number of rotatable bonds is 7. The number of nitrogens with zero attached hydrogens (tertiary/aromatic N) is 4. The van der Waals surface area contributed by atoms with Gasteiger partial charge in [0, 0.05) is 35.6 Å². The van der Waals surface area contributed by atoms with Crippen molar-refractivity contribution in [3.63, 3.8) is 0 Å². The van der Waals surface area contributed by atoms with Gasteiger partial charge in [0.25, 0.3) is 0 Å². The highest BCUT2D eigenvalue weighted by molar-refractivity contribution is 6.30. The molecule has 8 nitrogen and oxygen atoms in total. The van der Waals surface area contributed by atoms with Gasteiger partial charge in [-0.2, -0.15) is 0 Å². The minimum Gasteiger partial charge on any atom is -0.497 e. The van der Waals surface area contributed by atoms with Crippen LogP contribution in [0.2, 0.25) is 10.0 Å². The molecule has 0 bridgehead atoms. The zero-order valence-electron chi connectivity index (χ0n) is 25.8. The molecule has 0 N–H and O–H groups in total. The van der Waals surface area contributed by atoms with Crippen LogP contribution in [0.25, 0.3) is 0 Å². The molecule has 3 aromatic carbocycles. The quantitative estimate of drug-likeness (QED) is 0.265. The van der Waals surface area contributed by atoms with Crippen LogP contribution >= 0.6 is 23.2 Å². The Morgan fingerprint density at radius 1 is 0.933 bits per heavy atom. The standard InChI is InChI=1S/C35H38Cl2N4O4/c1-22(2)45-30-20-28(44-3)15-16-29(30)34-38-32(23-7-11-25(36)12-8-23)33(24-9-13-26(37)14-10-24)41(34)35(43)40-18-5-4-6-31(40)39-19-17-27(42)21-39/h7-16,20,22,31-33H,4-6,17-19,21H2,1-3H3/t31?,32-,33+/m0/s1. The van der Waals surface area contributed by atoms with Gasteiger partial charge in [-0.1, -0.05) is 47.5 Å². The van der Waals surface area contributed by atoms with Crippen LogP contribution in [0.15, 0.2) is 71.7 Å². The Balaban J connectivity index is 1.52. The highest BCUT2D eigenvalue weighted by Crippen LogP contribution is 2.46. The molecule has 0 aliphatic carbocycles. The lowest BCUT2D eigenvalue weighted by Gasteiger charge is -2.43. The SMILES string of the molecule is COc1ccc(C2=N[C@@H](c3ccc(Cl)cc3)[C@@H](c3ccc(Cl)cc3)N2C(=O)N2CCCCC2N2CCC(=O)C2)c(OC(C)C)c1. The number of ether oxygens (including phenoxy) is 2. The number of Topliss-reactive ketones (excluding diaryl/α,β-unsaturated/α-hetero) is 1. The van der Waals surface area contributed by atoms with Crippen molar-refractivity contribution in [1.29, 1.82) is 0 Å². The number of halogens is 2. The fourth-order valence-corrected chi connectivity index (χ4v) is 6.83. The molecule has 2 amide bonds. The van der Waals surface area contributed by atoms with Crippen molar-refractivity contribution in [2.75, 3.05) is 26.7 Å². The van der Waals surface area contributed by atoms with Crippen LogP contribution in [0.3, 0.4) is 0 Å². The molecule has 0 radical (unpaired) electrons. The maximum absolute atomic E-state index is 15.1. The normalized spacial score (nSPS) is 22.2. The molecule has 6 rings (SSSR count). The minimum atomic E-state index is -0.484. The summed E-state index contributed by atoms with van der Waals surface area (Å²) in [7, 11) is 1.61. The number of hydrogen-bond acceptors (Lipinski definition) is 6. The number of hydrogen-bond donors (Lipinski definition) is 0. The van der Waals surface area contributed by atoms with Gasteiger partial charge in [0.1, 0.15) is 29.2 Å². The molecule has 236 valence electrons. The summed E-state index contributed by atoms with van der Waals surface area (Å²) in [5, 5.41) is 1.23. The molecule has 2 saturated heterocycles. The zero-order valence-corrected chi connectivity index (χ0v) is 27.3. The summed E-state index contributed by atoms with van der Waals surface area (Å²) in [4.78, 5) is 38.7. The number of aliphatic imine (C=N–C) groups is 1. The van der Waals surface area contributed by atoms with Gasteiger partial charge < -0.3 is 14.4 Å². The second kappa shape index (κ2) is 13.4. The van der Waals surface area contributed by atoms with E-state index in [0.717, 1.165) is 30.4 Å². The van der Waals surface area contributed by atoms with Crippen LogP contribution in [-0.4, -0.2) is 71.4 Å². The first kappa shape index (κ1) is 31.4. The number of urea groups is 1.